The zero-order valence-electron chi connectivity index (χ0n) is 20.7. The molecule has 186 valence electrons. The first-order valence-electron chi connectivity index (χ1n) is 12.3. The Bertz CT molecular complexity index is 915. The average Bonchev–Trinajstić information content (AvgIpc) is 2.82. The number of carboxylic acid groups (broad SMARTS) is 1. The molecule has 5 nitrogen and oxygen atoms in total. The summed E-state index contributed by atoms with van der Waals surface area (Å²) in [6.45, 7) is 6.77. The van der Waals surface area contributed by atoms with Crippen LogP contribution in [-0.2, 0) is 22.4 Å². The van der Waals surface area contributed by atoms with Gasteiger partial charge in [-0.1, -0.05) is 63.8 Å². The summed E-state index contributed by atoms with van der Waals surface area (Å²) < 4.78 is 19.0. The molecule has 34 heavy (non-hydrogen) atoms. The molecule has 0 saturated heterocycles. The van der Waals surface area contributed by atoms with Crippen molar-refractivity contribution in [3.63, 3.8) is 0 Å². The Balaban J connectivity index is 2.04. The Morgan fingerprint density at radius 3 is 2.32 bits per heavy atom. The zero-order valence-corrected chi connectivity index (χ0v) is 20.7. The molecule has 2 rings (SSSR count). The highest BCUT2D eigenvalue weighted by atomic mass is 19.1. The van der Waals surface area contributed by atoms with Crippen molar-refractivity contribution in [2.24, 2.45) is 0 Å². The van der Waals surface area contributed by atoms with Gasteiger partial charge in [0.2, 0.25) is 11.5 Å². The van der Waals surface area contributed by atoms with Crippen LogP contribution in [0.2, 0.25) is 0 Å². The molecule has 0 bridgehead atoms. The first-order valence-corrected chi connectivity index (χ1v) is 12.3. The van der Waals surface area contributed by atoms with Gasteiger partial charge >= 0.3 is 5.97 Å². The van der Waals surface area contributed by atoms with Crippen molar-refractivity contribution in [2.45, 2.75) is 77.7 Å². The van der Waals surface area contributed by atoms with Gasteiger partial charge in [0.25, 0.3) is 0 Å². The predicted octanol–water partition coefficient (Wildman–Crippen LogP) is 6.04. The summed E-state index contributed by atoms with van der Waals surface area (Å²) in [7, 11) is 0. The molecule has 2 aromatic rings. The molecule has 1 amide bonds. The molecular weight excluding hydrogens is 433 g/mol. The zero-order chi connectivity index (χ0) is 25.0. The van der Waals surface area contributed by atoms with Gasteiger partial charge in [0.15, 0.2) is 0 Å². The van der Waals surface area contributed by atoms with Gasteiger partial charge in [0.1, 0.15) is 11.6 Å². The second kappa shape index (κ2) is 13.7. The van der Waals surface area contributed by atoms with Crippen LogP contribution in [0.5, 0.6) is 5.75 Å². The van der Waals surface area contributed by atoms with Gasteiger partial charge in [0, 0.05) is 13.1 Å². The van der Waals surface area contributed by atoms with E-state index in [4.69, 9.17) is 4.74 Å². The highest BCUT2D eigenvalue weighted by Crippen LogP contribution is 2.23. The number of aliphatic carboxylic acids is 1. The molecule has 0 aromatic heterocycles. The third kappa shape index (κ3) is 8.81. The quantitative estimate of drug-likeness (QED) is 0.322. The molecule has 6 heteroatoms. The molecule has 0 heterocycles. The third-order valence-electron chi connectivity index (χ3n) is 6.19. The van der Waals surface area contributed by atoms with E-state index in [0.717, 1.165) is 30.4 Å². The van der Waals surface area contributed by atoms with Gasteiger partial charge in [-0.15, -0.1) is 0 Å². The van der Waals surface area contributed by atoms with Gasteiger partial charge < -0.3 is 14.7 Å². The van der Waals surface area contributed by atoms with Crippen molar-refractivity contribution in [3.05, 3.63) is 65.5 Å². The molecule has 1 atom stereocenters. The number of carbonyl (C=O) groups is 2. The van der Waals surface area contributed by atoms with E-state index < -0.39 is 11.6 Å². The topological polar surface area (TPSA) is 66.8 Å². The number of ether oxygens (including phenoxy) is 1. The number of unbranched alkanes of at least 4 members (excludes halogenated alkanes) is 4. The monoisotopic (exact) mass is 471 g/mol. The van der Waals surface area contributed by atoms with Crippen LogP contribution < -0.4 is 4.74 Å². The van der Waals surface area contributed by atoms with E-state index in [0.29, 0.717) is 31.7 Å². The number of nitrogens with zero attached hydrogens (tertiary/aromatic N) is 1. The third-order valence-corrected chi connectivity index (χ3v) is 6.19. The number of halogens is 1. The summed E-state index contributed by atoms with van der Waals surface area (Å²) in [6, 6.07) is 13.5. The van der Waals surface area contributed by atoms with Crippen molar-refractivity contribution < 1.29 is 23.8 Å². The van der Waals surface area contributed by atoms with Crippen LogP contribution >= 0.6 is 0 Å². The van der Waals surface area contributed by atoms with Crippen molar-refractivity contribution in [2.75, 3.05) is 13.1 Å². The van der Waals surface area contributed by atoms with E-state index in [9.17, 15) is 19.1 Å². The standard InChI is InChI=1S/C28H38FNO4/c1-4-6-7-8-9-18-30(26(31)21-23-13-15-24(29)16-14-23)19-17-22-11-10-12-25(20-22)34-28(3,5-2)27(32)33/h10-16,20H,4-9,17-19,21H2,1-3H3,(H,32,33). The van der Waals surface area contributed by atoms with Crippen molar-refractivity contribution in [1.82, 2.24) is 4.90 Å². The van der Waals surface area contributed by atoms with E-state index in [2.05, 4.69) is 6.92 Å². The number of hydrogen-bond acceptors (Lipinski definition) is 3. The maximum atomic E-state index is 13.2. The van der Waals surface area contributed by atoms with E-state index >= 15 is 0 Å². The lowest BCUT2D eigenvalue weighted by Crippen LogP contribution is -2.40. The van der Waals surface area contributed by atoms with Crippen LogP contribution in [-0.4, -0.2) is 40.6 Å². The second-order valence-electron chi connectivity index (χ2n) is 8.99. The molecule has 1 N–H and O–H groups in total. The molecule has 0 spiro atoms. The van der Waals surface area contributed by atoms with E-state index in [-0.39, 0.29) is 18.1 Å². The fraction of sp³-hybridized carbons (Fsp3) is 0.500. The van der Waals surface area contributed by atoms with E-state index in [1.807, 2.05) is 23.1 Å². The molecule has 0 fully saturated rings. The van der Waals surface area contributed by atoms with Crippen LogP contribution in [0, 0.1) is 5.82 Å². The molecule has 0 aliphatic heterocycles. The Labute approximate surface area is 202 Å². The summed E-state index contributed by atoms with van der Waals surface area (Å²) >= 11 is 0. The molecule has 0 aliphatic carbocycles. The minimum absolute atomic E-state index is 0.0268. The Morgan fingerprint density at radius 1 is 0.971 bits per heavy atom. The summed E-state index contributed by atoms with van der Waals surface area (Å²) in [6.07, 6.45) is 6.79. The lowest BCUT2D eigenvalue weighted by atomic mass is 10.0. The largest absolute Gasteiger partial charge is 0.478 e. The SMILES string of the molecule is CCCCCCCN(CCc1cccc(OC(C)(CC)C(=O)O)c1)C(=O)Cc1ccc(F)cc1. The smallest absolute Gasteiger partial charge is 0.347 e. The predicted molar refractivity (Wildman–Crippen MR) is 133 cm³/mol. The van der Waals surface area contributed by atoms with Crippen LogP contribution in [0.25, 0.3) is 0 Å². The lowest BCUT2D eigenvalue weighted by Gasteiger charge is -2.25. The van der Waals surface area contributed by atoms with Gasteiger partial charge in [-0.3, -0.25) is 4.79 Å². The number of amides is 1. The summed E-state index contributed by atoms with van der Waals surface area (Å²) in [4.78, 5) is 26.5. The second-order valence-corrected chi connectivity index (χ2v) is 8.99. The molecule has 1 unspecified atom stereocenters. The number of rotatable bonds is 15. The lowest BCUT2D eigenvalue weighted by molar-refractivity contribution is -0.154. The normalized spacial score (nSPS) is 12.7. The summed E-state index contributed by atoms with van der Waals surface area (Å²) in [5.41, 5.74) is 0.492. The number of hydrogen-bond donors (Lipinski definition) is 1. The first-order chi connectivity index (χ1) is 16.3. The average molecular weight is 472 g/mol. The highest BCUT2D eigenvalue weighted by Gasteiger charge is 2.33. The Kier molecular flexibility index (Phi) is 11.0. The number of carboxylic acids is 1. The maximum absolute atomic E-state index is 13.2. The fourth-order valence-corrected chi connectivity index (χ4v) is 3.71. The number of carbonyl (C=O) groups excluding carboxylic acids is 1. The summed E-state index contributed by atoms with van der Waals surface area (Å²) in [5.74, 6) is -0.777. The Morgan fingerprint density at radius 2 is 1.68 bits per heavy atom. The van der Waals surface area contributed by atoms with Crippen LogP contribution in [0.3, 0.4) is 0 Å². The van der Waals surface area contributed by atoms with Gasteiger partial charge in [0.05, 0.1) is 6.42 Å². The van der Waals surface area contributed by atoms with Crippen LogP contribution in [0.1, 0.15) is 70.4 Å². The van der Waals surface area contributed by atoms with E-state index in [1.165, 1.54) is 25.0 Å². The minimum Gasteiger partial charge on any atom is -0.478 e. The Hall–Kier alpha value is -2.89. The molecule has 2 aromatic carbocycles. The van der Waals surface area contributed by atoms with Gasteiger partial charge in [-0.05, 0) is 61.6 Å². The van der Waals surface area contributed by atoms with Crippen LogP contribution in [0.4, 0.5) is 4.39 Å². The molecule has 0 aliphatic rings. The number of benzene rings is 2. The van der Waals surface area contributed by atoms with Gasteiger partial charge in [-0.25, -0.2) is 9.18 Å². The molecule has 0 saturated carbocycles. The highest BCUT2D eigenvalue weighted by molar-refractivity contribution is 5.79. The summed E-state index contributed by atoms with van der Waals surface area (Å²) in [5, 5.41) is 9.48. The van der Waals surface area contributed by atoms with Gasteiger partial charge in [-0.2, -0.15) is 0 Å². The van der Waals surface area contributed by atoms with E-state index in [1.54, 1.807) is 32.0 Å². The minimum atomic E-state index is -1.28. The fourth-order valence-electron chi connectivity index (χ4n) is 3.71. The van der Waals surface area contributed by atoms with Crippen molar-refractivity contribution >= 4 is 11.9 Å². The maximum Gasteiger partial charge on any atom is 0.347 e. The van der Waals surface area contributed by atoms with Crippen molar-refractivity contribution in [3.8, 4) is 5.75 Å². The van der Waals surface area contributed by atoms with Crippen molar-refractivity contribution in [1.29, 1.82) is 0 Å². The molecular formula is C28H38FNO4. The molecule has 0 radical (unpaired) electrons. The first kappa shape index (κ1) is 27.4. The van der Waals surface area contributed by atoms with Crippen LogP contribution in [0.15, 0.2) is 48.5 Å².